The van der Waals surface area contributed by atoms with Crippen molar-refractivity contribution in [1.82, 2.24) is 14.9 Å². The van der Waals surface area contributed by atoms with Gasteiger partial charge in [-0.25, -0.2) is 4.39 Å². The Labute approximate surface area is 169 Å². The summed E-state index contributed by atoms with van der Waals surface area (Å²) in [6, 6.07) is 12.1. The lowest BCUT2D eigenvalue weighted by atomic mass is 10.1. The fraction of sp³-hybridized carbons (Fsp3) is 0.304. The fourth-order valence-electron chi connectivity index (χ4n) is 3.90. The maximum Gasteiger partial charge on any atom is 0.123 e. The van der Waals surface area contributed by atoms with Gasteiger partial charge in [-0.05, 0) is 43.1 Å². The highest BCUT2D eigenvalue weighted by atomic mass is 19.1. The summed E-state index contributed by atoms with van der Waals surface area (Å²) in [4.78, 5) is 11.5. The predicted molar refractivity (Wildman–Crippen MR) is 108 cm³/mol. The number of halogens is 1. The molecular formula is C23H24FN3O2. The van der Waals surface area contributed by atoms with Crippen molar-refractivity contribution in [2.24, 2.45) is 0 Å². The van der Waals surface area contributed by atoms with Crippen molar-refractivity contribution in [3.05, 3.63) is 83.2 Å². The molecule has 1 atom stereocenters. The molecule has 0 amide bonds. The molecule has 4 rings (SSSR count). The Morgan fingerprint density at radius 1 is 1.21 bits per heavy atom. The Morgan fingerprint density at radius 3 is 2.90 bits per heavy atom. The summed E-state index contributed by atoms with van der Waals surface area (Å²) in [6.07, 6.45) is 6.16. The van der Waals surface area contributed by atoms with Crippen LogP contribution in [0, 0.1) is 5.82 Å². The van der Waals surface area contributed by atoms with Gasteiger partial charge < -0.3 is 9.84 Å². The van der Waals surface area contributed by atoms with Crippen LogP contribution in [0.3, 0.4) is 0 Å². The van der Waals surface area contributed by atoms with E-state index >= 15 is 0 Å². The number of ether oxygens (including phenoxy) is 1. The smallest absolute Gasteiger partial charge is 0.123 e. The van der Waals surface area contributed by atoms with Crippen molar-refractivity contribution >= 4 is 0 Å². The molecule has 1 fully saturated rings. The number of methoxy groups -OCH3 is 1. The highest BCUT2D eigenvalue weighted by Gasteiger charge is 2.28. The third kappa shape index (κ3) is 4.54. The predicted octanol–water partition coefficient (Wildman–Crippen LogP) is 4.26. The van der Waals surface area contributed by atoms with Gasteiger partial charge >= 0.3 is 0 Å². The van der Waals surface area contributed by atoms with E-state index in [1.165, 1.54) is 12.1 Å². The number of likely N-dealkylation sites (tertiary alicyclic amines) is 1. The summed E-state index contributed by atoms with van der Waals surface area (Å²) in [5.74, 6) is 0.633. The van der Waals surface area contributed by atoms with Gasteiger partial charge in [-0.15, -0.1) is 0 Å². The first-order valence-corrected chi connectivity index (χ1v) is 9.77. The quantitative estimate of drug-likeness (QED) is 0.678. The minimum atomic E-state index is -0.243. The number of aromatic hydroxyl groups is 1. The Morgan fingerprint density at radius 2 is 2.10 bits per heavy atom. The molecule has 29 heavy (non-hydrogen) atoms. The van der Waals surface area contributed by atoms with E-state index in [0.29, 0.717) is 18.7 Å². The van der Waals surface area contributed by atoms with E-state index in [2.05, 4.69) is 9.88 Å². The van der Waals surface area contributed by atoms with Crippen LogP contribution in [0.2, 0.25) is 0 Å². The van der Waals surface area contributed by atoms with Crippen LogP contribution in [0.15, 0.2) is 54.9 Å². The SMILES string of the molecule is COc1ccc(CN2CCCC2c2cncc(Cc3cccc(F)c3)n2)c(O)c1. The van der Waals surface area contributed by atoms with Gasteiger partial charge in [-0.1, -0.05) is 18.2 Å². The Bertz CT molecular complexity index is 995. The fourth-order valence-corrected chi connectivity index (χ4v) is 3.90. The molecule has 1 unspecified atom stereocenters. The molecule has 0 radical (unpaired) electrons. The van der Waals surface area contributed by atoms with E-state index in [-0.39, 0.29) is 17.6 Å². The van der Waals surface area contributed by atoms with Crippen LogP contribution in [0.1, 0.15) is 41.4 Å². The number of nitrogens with zero attached hydrogens (tertiary/aromatic N) is 3. The topological polar surface area (TPSA) is 58.5 Å². The second kappa shape index (κ2) is 8.57. The maximum absolute atomic E-state index is 13.5. The Hall–Kier alpha value is -2.99. The first kappa shape index (κ1) is 19.3. The summed E-state index contributed by atoms with van der Waals surface area (Å²) in [5.41, 5.74) is 3.49. The second-order valence-electron chi connectivity index (χ2n) is 7.37. The number of hydrogen-bond acceptors (Lipinski definition) is 5. The molecule has 2 aromatic carbocycles. The van der Waals surface area contributed by atoms with Crippen LogP contribution in [0.5, 0.6) is 11.5 Å². The van der Waals surface area contributed by atoms with Crippen LogP contribution in [-0.2, 0) is 13.0 Å². The molecule has 1 saturated heterocycles. The Kier molecular flexibility index (Phi) is 5.71. The molecule has 2 heterocycles. The van der Waals surface area contributed by atoms with Gasteiger partial charge in [0.25, 0.3) is 0 Å². The van der Waals surface area contributed by atoms with Gasteiger partial charge in [0.1, 0.15) is 17.3 Å². The van der Waals surface area contributed by atoms with Crippen molar-refractivity contribution in [3.63, 3.8) is 0 Å². The van der Waals surface area contributed by atoms with E-state index in [0.717, 1.165) is 41.9 Å². The molecule has 1 aliphatic heterocycles. The molecule has 0 spiro atoms. The molecule has 1 aliphatic rings. The largest absolute Gasteiger partial charge is 0.507 e. The number of phenols is 1. The lowest BCUT2D eigenvalue weighted by molar-refractivity contribution is 0.240. The third-order valence-corrected chi connectivity index (χ3v) is 5.35. The molecule has 150 valence electrons. The first-order valence-electron chi connectivity index (χ1n) is 9.77. The molecule has 1 aromatic heterocycles. The summed E-state index contributed by atoms with van der Waals surface area (Å²) in [5, 5.41) is 10.3. The van der Waals surface area contributed by atoms with Crippen molar-refractivity contribution in [2.75, 3.05) is 13.7 Å². The summed E-state index contributed by atoms with van der Waals surface area (Å²) in [7, 11) is 1.58. The highest BCUT2D eigenvalue weighted by Crippen LogP contribution is 2.34. The zero-order valence-electron chi connectivity index (χ0n) is 16.4. The number of aromatic nitrogens is 2. The van der Waals surface area contributed by atoms with Gasteiger partial charge in [0.05, 0.1) is 24.5 Å². The minimum Gasteiger partial charge on any atom is -0.507 e. The van der Waals surface area contributed by atoms with Gasteiger partial charge in [-0.3, -0.25) is 14.9 Å². The van der Waals surface area contributed by atoms with Crippen LogP contribution in [-0.4, -0.2) is 33.6 Å². The van der Waals surface area contributed by atoms with Gasteiger partial charge in [0, 0.05) is 37.0 Å². The van der Waals surface area contributed by atoms with Gasteiger partial charge in [0.15, 0.2) is 0 Å². The Balaban J connectivity index is 1.51. The van der Waals surface area contributed by atoms with Crippen molar-refractivity contribution < 1.29 is 14.2 Å². The molecule has 5 nitrogen and oxygen atoms in total. The van der Waals surface area contributed by atoms with E-state index in [1.54, 1.807) is 25.4 Å². The standard InChI is InChI=1S/C23H24FN3O2/c1-29-20-8-7-17(23(28)12-20)15-27-9-3-6-22(27)21-14-25-13-19(26-21)11-16-4-2-5-18(24)10-16/h2,4-5,7-8,10,12-14,22,28H,3,6,9,11,15H2,1H3. The normalized spacial score (nSPS) is 16.8. The number of rotatable bonds is 6. The van der Waals surface area contributed by atoms with Gasteiger partial charge in [-0.2, -0.15) is 0 Å². The summed E-state index contributed by atoms with van der Waals surface area (Å²) >= 11 is 0. The van der Waals surface area contributed by atoms with Crippen molar-refractivity contribution in [3.8, 4) is 11.5 Å². The molecule has 0 saturated carbocycles. The summed E-state index contributed by atoms with van der Waals surface area (Å²) in [6.45, 7) is 1.57. The zero-order valence-corrected chi connectivity index (χ0v) is 16.4. The summed E-state index contributed by atoms with van der Waals surface area (Å²) < 4.78 is 18.6. The molecule has 0 bridgehead atoms. The molecular weight excluding hydrogens is 369 g/mol. The minimum absolute atomic E-state index is 0.150. The molecule has 1 N–H and O–H groups in total. The van der Waals surface area contributed by atoms with Crippen molar-refractivity contribution in [1.29, 1.82) is 0 Å². The molecule has 6 heteroatoms. The van der Waals surface area contributed by atoms with Crippen molar-refractivity contribution in [2.45, 2.75) is 31.8 Å². The van der Waals surface area contributed by atoms with Crippen LogP contribution >= 0.6 is 0 Å². The maximum atomic E-state index is 13.5. The third-order valence-electron chi connectivity index (χ3n) is 5.35. The molecule has 3 aromatic rings. The first-order chi connectivity index (χ1) is 14.1. The van der Waals surface area contributed by atoms with Gasteiger partial charge in [0.2, 0.25) is 0 Å². The monoisotopic (exact) mass is 393 g/mol. The lowest BCUT2D eigenvalue weighted by Crippen LogP contribution is -2.24. The number of benzene rings is 2. The van der Waals surface area contributed by atoms with Crippen LogP contribution < -0.4 is 4.74 Å². The lowest BCUT2D eigenvalue weighted by Gasteiger charge is -2.24. The van der Waals surface area contributed by atoms with E-state index < -0.39 is 0 Å². The molecule has 0 aliphatic carbocycles. The number of phenolic OH excluding ortho intramolecular Hbond substituents is 1. The average molecular weight is 393 g/mol. The van der Waals surface area contributed by atoms with E-state index in [4.69, 9.17) is 9.72 Å². The number of hydrogen-bond donors (Lipinski definition) is 1. The van der Waals surface area contributed by atoms with Crippen LogP contribution in [0.25, 0.3) is 0 Å². The average Bonchev–Trinajstić information content (AvgIpc) is 3.18. The zero-order chi connectivity index (χ0) is 20.2. The van der Waals surface area contributed by atoms with E-state index in [9.17, 15) is 9.50 Å². The van der Waals surface area contributed by atoms with E-state index in [1.807, 2.05) is 24.4 Å². The highest BCUT2D eigenvalue weighted by molar-refractivity contribution is 5.39. The second-order valence-corrected chi connectivity index (χ2v) is 7.37. The van der Waals surface area contributed by atoms with Crippen LogP contribution in [0.4, 0.5) is 4.39 Å².